The fourth-order valence-electron chi connectivity index (χ4n) is 5.16. The number of nitrogens with two attached hydrogens (primary N) is 1. The van der Waals surface area contributed by atoms with Crippen LogP contribution < -0.4 is 10.5 Å². The molecule has 3 N–H and O–H groups in total. The van der Waals surface area contributed by atoms with E-state index in [1.807, 2.05) is 18.2 Å². The van der Waals surface area contributed by atoms with Gasteiger partial charge in [0.05, 0.1) is 24.2 Å². The topological polar surface area (TPSA) is 88.7 Å². The summed E-state index contributed by atoms with van der Waals surface area (Å²) < 4.78 is 18.8. The van der Waals surface area contributed by atoms with Crippen molar-refractivity contribution in [3.8, 4) is 17.6 Å². The first-order valence-electron chi connectivity index (χ1n) is 12.4. The Kier molecular flexibility index (Phi) is 8.99. The third-order valence-corrected chi connectivity index (χ3v) is 7.36. The molecule has 3 aromatic rings. The Morgan fingerprint density at radius 1 is 1.32 bits per heavy atom. The quantitative estimate of drug-likeness (QED) is 0.390. The summed E-state index contributed by atoms with van der Waals surface area (Å²) in [6.07, 6.45) is 4.07. The zero-order chi connectivity index (χ0) is 26.4. The van der Waals surface area contributed by atoms with Crippen molar-refractivity contribution in [1.82, 2.24) is 9.88 Å². The van der Waals surface area contributed by atoms with Gasteiger partial charge in [0.1, 0.15) is 11.6 Å². The third kappa shape index (κ3) is 6.98. The molecule has 1 fully saturated rings. The fraction of sp³-hybridized carbons (Fsp3) is 0.379. The van der Waals surface area contributed by atoms with Gasteiger partial charge in [-0.1, -0.05) is 29.5 Å². The maximum Gasteiger partial charge on any atom is 0.303 e. The Balaban J connectivity index is 1.42. The summed E-state index contributed by atoms with van der Waals surface area (Å²) in [7, 11) is 1.61. The number of nitrogens with zero attached hydrogens (tertiary/aromatic N) is 2. The molecule has 37 heavy (non-hydrogen) atoms. The second-order valence-electron chi connectivity index (χ2n) is 9.54. The Morgan fingerprint density at radius 3 is 2.92 bits per heavy atom. The number of halogens is 2. The van der Waals surface area contributed by atoms with Crippen LogP contribution in [-0.2, 0) is 4.79 Å². The van der Waals surface area contributed by atoms with Crippen molar-refractivity contribution in [3.05, 3.63) is 70.6 Å². The van der Waals surface area contributed by atoms with Crippen LogP contribution in [0.3, 0.4) is 0 Å². The molecule has 4 rings (SSSR count). The summed E-state index contributed by atoms with van der Waals surface area (Å²) in [5, 5.41) is 10.9. The predicted octanol–water partition coefficient (Wildman–Crippen LogP) is 5.28. The molecule has 0 saturated carbocycles. The highest BCUT2D eigenvalue weighted by atomic mass is 35.5. The van der Waals surface area contributed by atoms with Crippen molar-refractivity contribution in [1.29, 1.82) is 0 Å². The molecule has 2 heterocycles. The number of hydrogen-bond acceptors (Lipinski definition) is 5. The molecular weight excluding hydrogens is 493 g/mol. The van der Waals surface area contributed by atoms with E-state index in [1.54, 1.807) is 25.4 Å². The molecule has 1 saturated heterocycles. The molecule has 0 aliphatic carbocycles. The highest BCUT2D eigenvalue weighted by molar-refractivity contribution is 6.32. The van der Waals surface area contributed by atoms with Crippen LogP contribution in [-0.4, -0.2) is 47.7 Å². The van der Waals surface area contributed by atoms with Crippen LogP contribution in [0, 0.1) is 29.5 Å². The summed E-state index contributed by atoms with van der Waals surface area (Å²) in [4.78, 5) is 18.2. The van der Waals surface area contributed by atoms with Crippen LogP contribution >= 0.6 is 11.6 Å². The molecule has 1 aliphatic rings. The second-order valence-corrected chi connectivity index (χ2v) is 9.95. The smallest absolute Gasteiger partial charge is 0.303 e. The van der Waals surface area contributed by atoms with Crippen LogP contribution in [0.2, 0.25) is 5.02 Å². The molecule has 1 aromatic heterocycles. The first-order valence-corrected chi connectivity index (χ1v) is 12.8. The maximum atomic E-state index is 13.4. The summed E-state index contributed by atoms with van der Waals surface area (Å²) >= 11 is 6.53. The van der Waals surface area contributed by atoms with E-state index in [0.717, 1.165) is 35.9 Å². The minimum atomic E-state index is -0.803. The number of carboxylic acids is 1. The number of ether oxygens (including phenoxy) is 1. The van der Waals surface area contributed by atoms with Gasteiger partial charge < -0.3 is 15.6 Å². The first kappa shape index (κ1) is 26.9. The number of likely N-dealkylation sites (tertiary alicyclic amines) is 1. The minimum Gasteiger partial charge on any atom is -0.497 e. The number of benzene rings is 2. The number of carbonyl (C=O) groups is 1. The number of rotatable bonds is 8. The Bertz CT molecular complexity index is 1320. The number of hydrogen-bond donors (Lipinski definition) is 2. The van der Waals surface area contributed by atoms with Gasteiger partial charge in [-0.05, 0) is 79.6 Å². The lowest BCUT2D eigenvalue weighted by molar-refractivity contribution is -0.139. The zero-order valence-electron chi connectivity index (χ0n) is 20.8. The van der Waals surface area contributed by atoms with E-state index >= 15 is 0 Å². The van der Waals surface area contributed by atoms with Gasteiger partial charge in [-0.3, -0.25) is 14.7 Å². The highest BCUT2D eigenvalue weighted by Crippen LogP contribution is 2.36. The van der Waals surface area contributed by atoms with E-state index in [0.29, 0.717) is 35.8 Å². The van der Waals surface area contributed by atoms with Gasteiger partial charge in [0.2, 0.25) is 0 Å². The fourth-order valence-corrected chi connectivity index (χ4v) is 5.46. The van der Waals surface area contributed by atoms with Gasteiger partial charge in [-0.2, -0.15) is 0 Å². The van der Waals surface area contributed by atoms with E-state index in [2.05, 4.69) is 21.7 Å². The number of aromatic nitrogens is 1. The Morgan fingerprint density at radius 2 is 2.16 bits per heavy atom. The van der Waals surface area contributed by atoms with Gasteiger partial charge in [-0.25, -0.2) is 4.39 Å². The summed E-state index contributed by atoms with van der Waals surface area (Å²) in [6, 6.07) is 11.5. The van der Waals surface area contributed by atoms with Crippen molar-refractivity contribution in [3.63, 3.8) is 0 Å². The van der Waals surface area contributed by atoms with Crippen LogP contribution in [0.4, 0.5) is 4.39 Å². The van der Waals surface area contributed by atoms with E-state index in [4.69, 9.17) is 22.1 Å². The molecule has 1 aliphatic heterocycles. The SMILES string of the molecule is COc1ccc2ncc(Cl)c([C@H](N)CCC3CCN(CC#Cc4cccc(F)c4)CC3CC(=O)O)c2c1. The molecule has 0 amide bonds. The minimum absolute atomic E-state index is 0.000769. The lowest BCUT2D eigenvalue weighted by atomic mass is 9.79. The monoisotopic (exact) mass is 523 g/mol. The lowest BCUT2D eigenvalue weighted by Crippen LogP contribution is -2.41. The van der Waals surface area contributed by atoms with Gasteiger partial charge >= 0.3 is 5.97 Å². The van der Waals surface area contributed by atoms with Crippen LogP contribution in [0.1, 0.15) is 42.9 Å². The van der Waals surface area contributed by atoms with Gasteiger partial charge in [0, 0.05) is 36.2 Å². The number of carboxylic acid groups (broad SMARTS) is 1. The molecule has 6 nitrogen and oxygen atoms in total. The largest absolute Gasteiger partial charge is 0.497 e. The van der Waals surface area contributed by atoms with E-state index in [1.165, 1.54) is 12.1 Å². The second kappa shape index (κ2) is 12.4. The molecule has 2 aromatic carbocycles. The van der Waals surface area contributed by atoms with Crippen molar-refractivity contribution in [2.45, 2.75) is 31.7 Å². The van der Waals surface area contributed by atoms with Crippen molar-refractivity contribution in [2.24, 2.45) is 17.6 Å². The third-order valence-electron chi connectivity index (χ3n) is 7.06. The van der Waals surface area contributed by atoms with Crippen LogP contribution in [0.25, 0.3) is 10.9 Å². The molecule has 2 unspecified atom stereocenters. The number of pyridine rings is 1. The van der Waals surface area contributed by atoms with E-state index in [9.17, 15) is 14.3 Å². The number of methoxy groups -OCH3 is 1. The first-order chi connectivity index (χ1) is 17.8. The van der Waals surface area contributed by atoms with E-state index < -0.39 is 5.97 Å². The Hall–Kier alpha value is -3.18. The average Bonchev–Trinajstić information content (AvgIpc) is 2.87. The standard InChI is InChI=1S/C29H31ClFN3O3/c1-37-23-8-10-27-24(16-23)29(25(30)17-33-27)26(32)9-7-20-11-13-34(18-21(20)15-28(35)36)12-3-5-19-4-2-6-22(31)14-19/h2,4,6,8,10,14,16-17,20-21,26H,7,9,11-13,15,18,32H2,1H3,(H,35,36)/t20?,21?,26-/m1/s1. The molecule has 0 spiro atoms. The van der Waals surface area contributed by atoms with Crippen LogP contribution in [0.5, 0.6) is 5.75 Å². The maximum absolute atomic E-state index is 13.4. The molecule has 8 heteroatoms. The van der Waals surface area contributed by atoms with Gasteiger partial charge in [-0.15, -0.1) is 0 Å². The lowest BCUT2D eigenvalue weighted by Gasteiger charge is -2.37. The molecule has 0 radical (unpaired) electrons. The highest BCUT2D eigenvalue weighted by Gasteiger charge is 2.31. The summed E-state index contributed by atoms with van der Waals surface area (Å²) in [6.45, 7) is 1.99. The van der Waals surface area contributed by atoms with Crippen molar-refractivity contribution < 1.29 is 19.0 Å². The normalized spacial score (nSPS) is 18.7. The molecule has 194 valence electrons. The van der Waals surface area contributed by atoms with Gasteiger partial charge in [0.25, 0.3) is 0 Å². The molecule has 3 atom stereocenters. The van der Waals surface area contributed by atoms with Gasteiger partial charge in [0.15, 0.2) is 0 Å². The zero-order valence-corrected chi connectivity index (χ0v) is 21.5. The summed E-state index contributed by atoms with van der Waals surface area (Å²) in [5.74, 6) is 5.92. The van der Waals surface area contributed by atoms with E-state index in [-0.39, 0.29) is 30.1 Å². The molecule has 0 bridgehead atoms. The number of fused-ring (bicyclic) bond motifs is 1. The van der Waals surface area contributed by atoms with Crippen LogP contribution in [0.15, 0.2) is 48.7 Å². The Labute approximate surface area is 221 Å². The number of aliphatic carboxylic acids is 1. The van der Waals surface area contributed by atoms with Crippen molar-refractivity contribution >= 4 is 28.5 Å². The molecular formula is C29H31ClFN3O3. The number of piperidine rings is 1. The predicted molar refractivity (Wildman–Crippen MR) is 143 cm³/mol. The van der Waals surface area contributed by atoms with Crippen molar-refractivity contribution in [2.75, 3.05) is 26.7 Å². The average molecular weight is 524 g/mol. The summed E-state index contributed by atoms with van der Waals surface area (Å²) in [5.41, 5.74) is 8.92.